The van der Waals surface area contributed by atoms with E-state index in [1.807, 2.05) is 6.92 Å². The van der Waals surface area contributed by atoms with Gasteiger partial charge in [0.1, 0.15) is 5.82 Å². The Morgan fingerprint density at radius 2 is 2.00 bits per heavy atom. The zero-order valence-electron chi connectivity index (χ0n) is 8.29. The standard InChI is InChI=1S/C11H13FN2/c1-8(7-13)14-9(2)10-5-3-4-6-11(10)12/h3-6,8-9,14H,1-2H3. The van der Waals surface area contributed by atoms with Crippen LogP contribution in [-0.2, 0) is 0 Å². The summed E-state index contributed by atoms with van der Waals surface area (Å²) >= 11 is 0. The van der Waals surface area contributed by atoms with Crippen molar-refractivity contribution in [2.24, 2.45) is 0 Å². The topological polar surface area (TPSA) is 35.8 Å². The molecule has 0 aromatic heterocycles. The Kier molecular flexibility index (Phi) is 3.61. The molecule has 2 nitrogen and oxygen atoms in total. The molecule has 74 valence electrons. The van der Waals surface area contributed by atoms with E-state index in [1.54, 1.807) is 25.1 Å². The lowest BCUT2D eigenvalue weighted by Gasteiger charge is -2.16. The number of nitrogens with one attached hydrogen (secondary N) is 1. The van der Waals surface area contributed by atoms with Gasteiger partial charge in [0, 0.05) is 11.6 Å². The molecule has 0 spiro atoms. The smallest absolute Gasteiger partial charge is 0.127 e. The third-order valence-electron chi connectivity index (χ3n) is 2.07. The normalized spacial score (nSPS) is 14.4. The van der Waals surface area contributed by atoms with Gasteiger partial charge in [-0.15, -0.1) is 0 Å². The monoisotopic (exact) mass is 192 g/mol. The highest BCUT2D eigenvalue weighted by atomic mass is 19.1. The summed E-state index contributed by atoms with van der Waals surface area (Å²) < 4.78 is 13.3. The molecule has 1 rings (SSSR count). The molecule has 0 saturated carbocycles. The van der Waals surface area contributed by atoms with Crippen molar-refractivity contribution < 1.29 is 4.39 Å². The van der Waals surface area contributed by atoms with Crippen LogP contribution in [0.2, 0.25) is 0 Å². The molecular formula is C11H13FN2. The minimum atomic E-state index is -0.274. The zero-order chi connectivity index (χ0) is 10.6. The maximum absolute atomic E-state index is 13.3. The van der Waals surface area contributed by atoms with Crippen molar-refractivity contribution in [2.75, 3.05) is 0 Å². The number of halogens is 1. The van der Waals surface area contributed by atoms with Crippen LogP contribution in [0.3, 0.4) is 0 Å². The lowest BCUT2D eigenvalue weighted by atomic mass is 10.1. The van der Waals surface area contributed by atoms with E-state index in [2.05, 4.69) is 11.4 Å². The molecule has 0 bridgehead atoms. The van der Waals surface area contributed by atoms with Crippen LogP contribution in [0.15, 0.2) is 24.3 Å². The second-order valence-corrected chi connectivity index (χ2v) is 3.26. The predicted molar refractivity (Wildman–Crippen MR) is 53.0 cm³/mol. The van der Waals surface area contributed by atoms with Gasteiger partial charge in [0.25, 0.3) is 0 Å². The third-order valence-corrected chi connectivity index (χ3v) is 2.07. The summed E-state index contributed by atoms with van der Waals surface area (Å²) in [6.07, 6.45) is 0. The highest BCUT2D eigenvalue weighted by Gasteiger charge is 2.11. The van der Waals surface area contributed by atoms with Crippen LogP contribution in [0.4, 0.5) is 4.39 Å². The second kappa shape index (κ2) is 4.73. The summed E-state index contributed by atoms with van der Waals surface area (Å²) in [7, 11) is 0. The van der Waals surface area contributed by atoms with Gasteiger partial charge in [0.05, 0.1) is 12.1 Å². The molecule has 1 N–H and O–H groups in total. The van der Waals surface area contributed by atoms with E-state index in [0.717, 1.165) is 0 Å². The van der Waals surface area contributed by atoms with Crippen molar-refractivity contribution >= 4 is 0 Å². The number of hydrogen-bond donors (Lipinski definition) is 1. The molecule has 0 radical (unpaired) electrons. The number of benzene rings is 1. The molecule has 14 heavy (non-hydrogen) atoms. The number of rotatable bonds is 3. The van der Waals surface area contributed by atoms with Crippen molar-refractivity contribution in [1.29, 1.82) is 5.26 Å². The molecule has 1 aromatic carbocycles. The molecule has 1 aromatic rings. The minimum Gasteiger partial charge on any atom is -0.295 e. The first-order valence-corrected chi connectivity index (χ1v) is 4.55. The molecule has 0 fully saturated rings. The van der Waals surface area contributed by atoms with Gasteiger partial charge in [0.15, 0.2) is 0 Å². The average molecular weight is 192 g/mol. The minimum absolute atomic E-state index is 0.147. The Bertz CT molecular complexity index is 343. The maximum Gasteiger partial charge on any atom is 0.127 e. The average Bonchev–Trinajstić information content (AvgIpc) is 2.18. The van der Waals surface area contributed by atoms with Crippen molar-refractivity contribution in [2.45, 2.75) is 25.9 Å². The molecule has 0 aliphatic rings. The fourth-order valence-corrected chi connectivity index (χ4v) is 1.33. The molecule has 0 amide bonds. The zero-order valence-corrected chi connectivity index (χ0v) is 8.29. The summed E-state index contributed by atoms with van der Waals surface area (Å²) in [5.41, 5.74) is 0.592. The van der Waals surface area contributed by atoms with Gasteiger partial charge >= 0.3 is 0 Å². The van der Waals surface area contributed by atoms with Crippen molar-refractivity contribution in [3.05, 3.63) is 35.6 Å². The van der Waals surface area contributed by atoms with Crippen LogP contribution in [0.5, 0.6) is 0 Å². The highest BCUT2D eigenvalue weighted by molar-refractivity contribution is 5.20. The SMILES string of the molecule is CC(C#N)NC(C)c1ccccc1F. The molecule has 0 aliphatic carbocycles. The van der Waals surface area contributed by atoms with Crippen LogP contribution >= 0.6 is 0 Å². The van der Waals surface area contributed by atoms with E-state index >= 15 is 0 Å². The maximum atomic E-state index is 13.3. The molecular weight excluding hydrogens is 179 g/mol. The van der Waals surface area contributed by atoms with Crippen LogP contribution in [0.1, 0.15) is 25.5 Å². The number of hydrogen-bond acceptors (Lipinski definition) is 2. The first-order chi connectivity index (χ1) is 6.65. The number of nitrogens with zero attached hydrogens (tertiary/aromatic N) is 1. The fourth-order valence-electron chi connectivity index (χ4n) is 1.33. The molecule has 2 unspecified atom stereocenters. The lowest BCUT2D eigenvalue weighted by Crippen LogP contribution is -2.27. The van der Waals surface area contributed by atoms with Gasteiger partial charge in [0.2, 0.25) is 0 Å². The van der Waals surface area contributed by atoms with Gasteiger partial charge in [-0.25, -0.2) is 4.39 Å². The highest BCUT2D eigenvalue weighted by Crippen LogP contribution is 2.16. The van der Waals surface area contributed by atoms with E-state index < -0.39 is 0 Å². The molecule has 2 atom stereocenters. The summed E-state index contributed by atoms with van der Waals surface area (Å²) in [5.74, 6) is -0.238. The third kappa shape index (κ3) is 2.54. The molecule has 3 heteroatoms. The summed E-state index contributed by atoms with van der Waals surface area (Å²) in [6.45, 7) is 3.59. The van der Waals surface area contributed by atoms with E-state index in [0.29, 0.717) is 5.56 Å². The van der Waals surface area contributed by atoms with Crippen LogP contribution in [0.25, 0.3) is 0 Å². The summed E-state index contributed by atoms with van der Waals surface area (Å²) in [6, 6.07) is 8.21. The van der Waals surface area contributed by atoms with Gasteiger partial charge in [-0.1, -0.05) is 18.2 Å². The Balaban J connectivity index is 2.75. The van der Waals surface area contributed by atoms with E-state index in [-0.39, 0.29) is 17.9 Å². The first-order valence-electron chi connectivity index (χ1n) is 4.55. The quantitative estimate of drug-likeness (QED) is 0.798. The first kappa shape index (κ1) is 10.7. The predicted octanol–water partition coefficient (Wildman–Crippen LogP) is 2.39. The van der Waals surface area contributed by atoms with Gasteiger partial charge in [-0.2, -0.15) is 5.26 Å². The van der Waals surface area contributed by atoms with Crippen LogP contribution in [-0.4, -0.2) is 6.04 Å². The van der Waals surface area contributed by atoms with Gasteiger partial charge in [-0.05, 0) is 19.9 Å². The fraction of sp³-hybridized carbons (Fsp3) is 0.364. The Labute approximate surface area is 83.4 Å². The summed E-state index contributed by atoms with van der Waals surface area (Å²) in [5, 5.41) is 11.6. The Morgan fingerprint density at radius 3 is 2.57 bits per heavy atom. The van der Waals surface area contributed by atoms with Crippen molar-refractivity contribution in [3.63, 3.8) is 0 Å². The van der Waals surface area contributed by atoms with Crippen molar-refractivity contribution in [1.82, 2.24) is 5.32 Å². The van der Waals surface area contributed by atoms with Crippen LogP contribution in [0, 0.1) is 17.1 Å². The van der Waals surface area contributed by atoms with Crippen molar-refractivity contribution in [3.8, 4) is 6.07 Å². The van der Waals surface area contributed by atoms with Crippen LogP contribution < -0.4 is 5.32 Å². The Hall–Kier alpha value is -1.40. The molecule has 0 heterocycles. The van der Waals surface area contributed by atoms with E-state index in [4.69, 9.17) is 5.26 Å². The lowest BCUT2D eigenvalue weighted by molar-refractivity contribution is 0.509. The summed E-state index contributed by atoms with van der Waals surface area (Å²) in [4.78, 5) is 0. The second-order valence-electron chi connectivity index (χ2n) is 3.26. The largest absolute Gasteiger partial charge is 0.295 e. The Morgan fingerprint density at radius 1 is 1.36 bits per heavy atom. The molecule has 0 aliphatic heterocycles. The molecule has 0 saturated heterocycles. The van der Waals surface area contributed by atoms with Gasteiger partial charge < -0.3 is 0 Å². The van der Waals surface area contributed by atoms with Gasteiger partial charge in [-0.3, -0.25) is 5.32 Å². The van der Waals surface area contributed by atoms with E-state index in [9.17, 15) is 4.39 Å². The number of nitriles is 1. The van der Waals surface area contributed by atoms with E-state index in [1.165, 1.54) is 6.07 Å².